The summed E-state index contributed by atoms with van der Waals surface area (Å²) >= 11 is 0. The van der Waals surface area contributed by atoms with Gasteiger partial charge in [-0.15, -0.1) is 0 Å². The molecule has 1 aliphatic rings. The van der Waals surface area contributed by atoms with Crippen LogP contribution in [0.5, 0.6) is 0 Å². The van der Waals surface area contributed by atoms with Gasteiger partial charge in [-0.25, -0.2) is 4.79 Å². The fourth-order valence-corrected chi connectivity index (χ4v) is 2.22. The average molecular weight is 236 g/mol. The van der Waals surface area contributed by atoms with Crippen LogP contribution in [0.15, 0.2) is 22.8 Å². The molecule has 1 saturated carbocycles. The number of nitrogens with one attached hydrogen (secondary N) is 2. The minimum atomic E-state index is -0.0963. The van der Waals surface area contributed by atoms with E-state index in [0.717, 1.165) is 24.5 Å². The van der Waals surface area contributed by atoms with Crippen LogP contribution in [0.1, 0.15) is 38.4 Å². The molecule has 2 rings (SSSR count). The minimum absolute atomic E-state index is 0.0963. The summed E-state index contributed by atoms with van der Waals surface area (Å²) in [6, 6.07) is 3.91. The zero-order chi connectivity index (χ0) is 12.1. The monoisotopic (exact) mass is 236 g/mol. The van der Waals surface area contributed by atoms with E-state index < -0.39 is 0 Å². The summed E-state index contributed by atoms with van der Waals surface area (Å²) in [4.78, 5) is 11.6. The van der Waals surface area contributed by atoms with Crippen molar-refractivity contribution in [2.45, 2.75) is 45.2 Å². The SMILES string of the molecule is CC1CCC(NC(=O)NCc2ccco2)CC1. The lowest BCUT2D eigenvalue weighted by molar-refractivity contribution is 0.227. The lowest BCUT2D eigenvalue weighted by atomic mass is 9.87. The van der Waals surface area contributed by atoms with E-state index in [4.69, 9.17) is 4.42 Å². The maximum atomic E-state index is 11.6. The number of hydrogen-bond acceptors (Lipinski definition) is 2. The normalized spacial score (nSPS) is 24.3. The van der Waals surface area contributed by atoms with Crippen molar-refractivity contribution in [3.63, 3.8) is 0 Å². The Balaban J connectivity index is 1.67. The highest BCUT2D eigenvalue weighted by Gasteiger charge is 2.19. The van der Waals surface area contributed by atoms with Crippen LogP contribution in [0.3, 0.4) is 0 Å². The lowest BCUT2D eigenvalue weighted by Crippen LogP contribution is -2.43. The second kappa shape index (κ2) is 5.75. The van der Waals surface area contributed by atoms with Crippen molar-refractivity contribution in [1.29, 1.82) is 0 Å². The van der Waals surface area contributed by atoms with Crippen molar-refractivity contribution in [1.82, 2.24) is 10.6 Å². The van der Waals surface area contributed by atoms with E-state index in [0.29, 0.717) is 12.6 Å². The topological polar surface area (TPSA) is 54.3 Å². The van der Waals surface area contributed by atoms with Crippen LogP contribution in [0.2, 0.25) is 0 Å². The maximum Gasteiger partial charge on any atom is 0.315 e. The van der Waals surface area contributed by atoms with Crippen molar-refractivity contribution in [2.24, 2.45) is 5.92 Å². The molecule has 4 nitrogen and oxygen atoms in total. The van der Waals surface area contributed by atoms with Crippen LogP contribution in [0.4, 0.5) is 4.79 Å². The fourth-order valence-electron chi connectivity index (χ4n) is 2.22. The van der Waals surface area contributed by atoms with E-state index in [1.54, 1.807) is 6.26 Å². The van der Waals surface area contributed by atoms with Gasteiger partial charge in [-0.2, -0.15) is 0 Å². The van der Waals surface area contributed by atoms with Crippen LogP contribution in [0, 0.1) is 5.92 Å². The Hall–Kier alpha value is -1.45. The van der Waals surface area contributed by atoms with Gasteiger partial charge in [0, 0.05) is 6.04 Å². The van der Waals surface area contributed by atoms with Crippen molar-refractivity contribution in [3.05, 3.63) is 24.2 Å². The molecule has 17 heavy (non-hydrogen) atoms. The molecular formula is C13H20N2O2. The Labute approximate surface area is 102 Å². The van der Waals surface area contributed by atoms with Crippen LogP contribution in [-0.4, -0.2) is 12.1 Å². The maximum absolute atomic E-state index is 11.6. The summed E-state index contributed by atoms with van der Waals surface area (Å²) in [5, 5.41) is 5.81. The largest absolute Gasteiger partial charge is 0.467 e. The highest BCUT2D eigenvalue weighted by Crippen LogP contribution is 2.23. The summed E-state index contributed by atoms with van der Waals surface area (Å²) in [7, 11) is 0. The third-order valence-corrected chi connectivity index (χ3v) is 3.35. The molecule has 1 aliphatic carbocycles. The Morgan fingerprint density at radius 1 is 1.41 bits per heavy atom. The number of urea groups is 1. The predicted molar refractivity (Wildman–Crippen MR) is 65.5 cm³/mol. The molecule has 0 aromatic carbocycles. The molecule has 0 atom stereocenters. The minimum Gasteiger partial charge on any atom is -0.467 e. The van der Waals surface area contributed by atoms with Gasteiger partial charge in [-0.1, -0.05) is 6.92 Å². The van der Waals surface area contributed by atoms with Crippen LogP contribution in [-0.2, 0) is 6.54 Å². The Morgan fingerprint density at radius 3 is 2.82 bits per heavy atom. The van der Waals surface area contributed by atoms with E-state index in [-0.39, 0.29) is 6.03 Å². The molecule has 0 unspecified atom stereocenters. The molecule has 94 valence electrons. The van der Waals surface area contributed by atoms with Crippen LogP contribution in [0.25, 0.3) is 0 Å². The third kappa shape index (κ3) is 3.80. The van der Waals surface area contributed by atoms with Crippen molar-refractivity contribution >= 4 is 6.03 Å². The van der Waals surface area contributed by atoms with Gasteiger partial charge in [-0.3, -0.25) is 0 Å². The molecule has 0 spiro atoms. The highest BCUT2D eigenvalue weighted by molar-refractivity contribution is 5.74. The van der Waals surface area contributed by atoms with Gasteiger partial charge < -0.3 is 15.1 Å². The first-order valence-electron chi connectivity index (χ1n) is 6.31. The molecule has 0 saturated heterocycles. The quantitative estimate of drug-likeness (QED) is 0.847. The molecule has 0 radical (unpaired) electrons. The molecule has 1 aromatic rings. The Kier molecular flexibility index (Phi) is 4.07. The van der Waals surface area contributed by atoms with Gasteiger partial charge in [0.05, 0.1) is 12.8 Å². The summed E-state index contributed by atoms with van der Waals surface area (Å²) in [6.45, 7) is 2.72. The number of rotatable bonds is 3. The molecule has 0 bridgehead atoms. The average Bonchev–Trinajstić information content (AvgIpc) is 2.83. The predicted octanol–water partition coefficient (Wildman–Crippen LogP) is 2.66. The first-order chi connectivity index (χ1) is 8.24. The van der Waals surface area contributed by atoms with Crippen molar-refractivity contribution in [3.8, 4) is 0 Å². The second-order valence-corrected chi connectivity index (χ2v) is 4.86. The Bertz CT molecular complexity index is 340. The van der Waals surface area contributed by atoms with Crippen molar-refractivity contribution < 1.29 is 9.21 Å². The zero-order valence-corrected chi connectivity index (χ0v) is 10.2. The molecule has 2 amide bonds. The number of furan rings is 1. The number of hydrogen-bond donors (Lipinski definition) is 2. The zero-order valence-electron chi connectivity index (χ0n) is 10.2. The highest BCUT2D eigenvalue weighted by atomic mass is 16.3. The molecule has 1 aromatic heterocycles. The van der Waals surface area contributed by atoms with E-state index in [1.807, 2.05) is 12.1 Å². The van der Waals surface area contributed by atoms with Gasteiger partial charge in [0.2, 0.25) is 0 Å². The Morgan fingerprint density at radius 2 is 2.18 bits per heavy atom. The van der Waals surface area contributed by atoms with Crippen molar-refractivity contribution in [2.75, 3.05) is 0 Å². The van der Waals surface area contributed by atoms with Crippen LogP contribution >= 0.6 is 0 Å². The lowest BCUT2D eigenvalue weighted by Gasteiger charge is -2.26. The van der Waals surface area contributed by atoms with Gasteiger partial charge >= 0.3 is 6.03 Å². The van der Waals surface area contributed by atoms with E-state index >= 15 is 0 Å². The molecule has 2 N–H and O–H groups in total. The van der Waals surface area contributed by atoms with E-state index in [1.165, 1.54) is 12.8 Å². The van der Waals surface area contributed by atoms with Gasteiger partial charge in [0.25, 0.3) is 0 Å². The summed E-state index contributed by atoms with van der Waals surface area (Å²) in [6.07, 6.45) is 6.22. The van der Waals surface area contributed by atoms with Gasteiger partial charge in [0.1, 0.15) is 5.76 Å². The summed E-state index contributed by atoms with van der Waals surface area (Å²) < 4.78 is 5.15. The van der Waals surface area contributed by atoms with E-state index in [9.17, 15) is 4.79 Å². The summed E-state index contributed by atoms with van der Waals surface area (Å²) in [5.41, 5.74) is 0. The second-order valence-electron chi connectivity index (χ2n) is 4.86. The fraction of sp³-hybridized carbons (Fsp3) is 0.615. The van der Waals surface area contributed by atoms with Gasteiger partial charge in [0.15, 0.2) is 0 Å². The molecule has 4 heteroatoms. The molecular weight excluding hydrogens is 216 g/mol. The third-order valence-electron chi connectivity index (χ3n) is 3.35. The standard InChI is InChI=1S/C13H20N2O2/c1-10-4-6-11(7-5-10)15-13(16)14-9-12-3-2-8-17-12/h2-3,8,10-11H,4-7,9H2,1H3,(H2,14,15,16). The van der Waals surface area contributed by atoms with Gasteiger partial charge in [-0.05, 0) is 43.7 Å². The van der Waals surface area contributed by atoms with Crippen LogP contribution < -0.4 is 10.6 Å². The number of amides is 2. The first kappa shape index (κ1) is 12.0. The molecule has 1 heterocycles. The number of carbonyl (C=O) groups is 1. The smallest absolute Gasteiger partial charge is 0.315 e. The number of carbonyl (C=O) groups excluding carboxylic acids is 1. The van der Waals surface area contributed by atoms with E-state index in [2.05, 4.69) is 17.6 Å². The summed E-state index contributed by atoms with van der Waals surface area (Å²) in [5.74, 6) is 1.58. The molecule has 0 aliphatic heterocycles. The molecule has 1 fully saturated rings. The first-order valence-corrected chi connectivity index (χ1v) is 6.31.